The molecule has 17 heavy (non-hydrogen) atoms. The average molecular weight is 295 g/mol. The topological polar surface area (TPSA) is 44.9 Å². The molecule has 2 aromatic rings. The molecule has 4 heteroatoms. The number of H-pyrrole nitrogens is 1. The molecule has 90 valence electrons. The maximum Gasteiger partial charge on any atom is 0.267 e. The molecular weight excluding hydrogens is 280 g/mol. The van der Waals surface area contributed by atoms with Crippen molar-refractivity contribution in [3.05, 3.63) is 36.0 Å². The van der Waals surface area contributed by atoms with Crippen molar-refractivity contribution in [1.29, 1.82) is 0 Å². The van der Waals surface area contributed by atoms with E-state index >= 15 is 0 Å². The van der Waals surface area contributed by atoms with Crippen LogP contribution < -0.4 is 5.32 Å². The van der Waals surface area contributed by atoms with E-state index in [9.17, 15) is 4.79 Å². The second kappa shape index (κ2) is 5.87. The Morgan fingerprint density at radius 3 is 2.88 bits per heavy atom. The predicted octanol–water partition coefficient (Wildman–Crippen LogP) is 3.07. The lowest BCUT2D eigenvalue weighted by Crippen LogP contribution is -2.24. The molecule has 2 N–H and O–H groups in total. The number of aromatic amines is 1. The number of carbonyl (C=O) groups is 1. The van der Waals surface area contributed by atoms with E-state index < -0.39 is 0 Å². The lowest BCUT2D eigenvalue weighted by Gasteiger charge is -2.01. The Hall–Kier alpha value is -1.29. The summed E-state index contributed by atoms with van der Waals surface area (Å²) in [6, 6.07) is 9.77. The first-order valence-electron chi connectivity index (χ1n) is 5.73. The maximum absolute atomic E-state index is 11.8. The highest BCUT2D eigenvalue weighted by Crippen LogP contribution is 2.14. The van der Waals surface area contributed by atoms with E-state index in [1.165, 1.54) is 0 Å². The first-order chi connectivity index (χ1) is 8.31. The summed E-state index contributed by atoms with van der Waals surface area (Å²) in [5, 5.41) is 4.95. The molecule has 1 aromatic heterocycles. The van der Waals surface area contributed by atoms with Crippen LogP contribution in [0.25, 0.3) is 10.9 Å². The van der Waals surface area contributed by atoms with Crippen molar-refractivity contribution in [2.75, 3.05) is 11.9 Å². The minimum Gasteiger partial charge on any atom is -0.351 e. The normalized spacial score (nSPS) is 10.6. The van der Waals surface area contributed by atoms with E-state index in [1.807, 2.05) is 30.3 Å². The fourth-order valence-electron chi connectivity index (χ4n) is 1.71. The quantitative estimate of drug-likeness (QED) is 0.646. The third kappa shape index (κ3) is 3.09. The van der Waals surface area contributed by atoms with Gasteiger partial charge < -0.3 is 10.3 Å². The Bertz CT molecular complexity index is 474. The first kappa shape index (κ1) is 12.2. The van der Waals surface area contributed by atoms with Crippen LogP contribution >= 0.6 is 15.9 Å². The third-order valence-electron chi connectivity index (χ3n) is 2.62. The third-order valence-corrected chi connectivity index (χ3v) is 3.18. The van der Waals surface area contributed by atoms with Gasteiger partial charge in [-0.3, -0.25) is 4.79 Å². The molecule has 3 nitrogen and oxygen atoms in total. The van der Waals surface area contributed by atoms with E-state index in [-0.39, 0.29) is 5.91 Å². The highest BCUT2D eigenvalue weighted by molar-refractivity contribution is 9.09. The van der Waals surface area contributed by atoms with Crippen LogP contribution in [-0.2, 0) is 0 Å². The van der Waals surface area contributed by atoms with Crippen LogP contribution in [0.4, 0.5) is 0 Å². The maximum atomic E-state index is 11.8. The van der Waals surface area contributed by atoms with Gasteiger partial charge in [0.15, 0.2) is 0 Å². The fourth-order valence-corrected chi connectivity index (χ4v) is 2.11. The molecule has 0 aliphatic rings. The van der Waals surface area contributed by atoms with Gasteiger partial charge in [0.25, 0.3) is 5.91 Å². The van der Waals surface area contributed by atoms with E-state index in [0.717, 1.165) is 35.6 Å². The zero-order chi connectivity index (χ0) is 12.1. The number of hydrogen-bond acceptors (Lipinski definition) is 1. The van der Waals surface area contributed by atoms with Crippen molar-refractivity contribution in [1.82, 2.24) is 10.3 Å². The fraction of sp³-hybridized carbons (Fsp3) is 0.308. The largest absolute Gasteiger partial charge is 0.351 e. The number of unbranched alkanes of at least 4 members (excludes halogenated alkanes) is 1. The van der Waals surface area contributed by atoms with E-state index in [2.05, 4.69) is 26.2 Å². The predicted molar refractivity (Wildman–Crippen MR) is 73.7 cm³/mol. The van der Waals surface area contributed by atoms with Gasteiger partial charge in [-0.1, -0.05) is 34.1 Å². The summed E-state index contributed by atoms with van der Waals surface area (Å²) in [4.78, 5) is 14.9. The van der Waals surface area contributed by atoms with Gasteiger partial charge in [0.05, 0.1) is 0 Å². The Balaban J connectivity index is 1.99. The van der Waals surface area contributed by atoms with Crippen molar-refractivity contribution in [2.24, 2.45) is 0 Å². The number of aromatic nitrogens is 1. The van der Waals surface area contributed by atoms with Crippen molar-refractivity contribution in [3.8, 4) is 0 Å². The summed E-state index contributed by atoms with van der Waals surface area (Å²) in [6.45, 7) is 0.722. The summed E-state index contributed by atoms with van der Waals surface area (Å²) >= 11 is 3.37. The van der Waals surface area contributed by atoms with E-state index in [4.69, 9.17) is 0 Å². The lowest BCUT2D eigenvalue weighted by molar-refractivity contribution is 0.0949. The van der Waals surface area contributed by atoms with Crippen LogP contribution in [0.3, 0.4) is 0 Å². The van der Waals surface area contributed by atoms with Crippen LogP contribution in [0.1, 0.15) is 23.3 Å². The summed E-state index contributed by atoms with van der Waals surface area (Å²) in [5.74, 6) is -0.0317. The summed E-state index contributed by atoms with van der Waals surface area (Å²) in [7, 11) is 0. The van der Waals surface area contributed by atoms with Gasteiger partial charge in [-0.15, -0.1) is 0 Å². The van der Waals surface area contributed by atoms with E-state index in [0.29, 0.717) is 5.69 Å². The molecule has 0 atom stereocenters. The first-order valence-corrected chi connectivity index (χ1v) is 6.85. The average Bonchev–Trinajstić information content (AvgIpc) is 2.78. The van der Waals surface area contributed by atoms with Gasteiger partial charge in [-0.05, 0) is 25.0 Å². The number of para-hydroxylation sites is 1. The van der Waals surface area contributed by atoms with Gasteiger partial charge in [0, 0.05) is 22.8 Å². The Labute approximate surface area is 109 Å². The lowest BCUT2D eigenvalue weighted by atomic mass is 10.2. The summed E-state index contributed by atoms with van der Waals surface area (Å²) in [6.07, 6.45) is 2.07. The minimum atomic E-state index is -0.0317. The second-order valence-electron chi connectivity index (χ2n) is 3.92. The Morgan fingerprint density at radius 1 is 1.29 bits per heavy atom. The summed E-state index contributed by atoms with van der Waals surface area (Å²) in [5.41, 5.74) is 1.63. The summed E-state index contributed by atoms with van der Waals surface area (Å²) < 4.78 is 0. The monoisotopic (exact) mass is 294 g/mol. The Morgan fingerprint density at radius 2 is 2.12 bits per heavy atom. The Kier molecular flexibility index (Phi) is 4.20. The van der Waals surface area contributed by atoms with Crippen molar-refractivity contribution in [2.45, 2.75) is 12.8 Å². The smallest absolute Gasteiger partial charge is 0.267 e. The molecule has 0 spiro atoms. The van der Waals surface area contributed by atoms with Crippen LogP contribution in [0.5, 0.6) is 0 Å². The standard InChI is InChI=1S/C13H15BrN2O/c14-7-3-4-8-15-13(17)12-9-10-5-1-2-6-11(10)16-12/h1-2,5-6,9,16H,3-4,7-8H2,(H,15,17). The second-order valence-corrected chi connectivity index (χ2v) is 4.72. The molecular formula is C13H15BrN2O. The molecule has 0 fully saturated rings. The molecule has 0 bridgehead atoms. The number of halogens is 1. The zero-order valence-corrected chi connectivity index (χ0v) is 11.1. The molecule has 0 aliphatic heterocycles. The van der Waals surface area contributed by atoms with Crippen molar-refractivity contribution in [3.63, 3.8) is 0 Å². The van der Waals surface area contributed by atoms with Gasteiger partial charge >= 0.3 is 0 Å². The number of amides is 1. The number of rotatable bonds is 5. The SMILES string of the molecule is O=C(NCCCCBr)c1cc2ccccc2[nH]1. The van der Waals surface area contributed by atoms with Crippen molar-refractivity contribution < 1.29 is 4.79 Å². The number of carbonyl (C=O) groups excluding carboxylic acids is 1. The zero-order valence-electron chi connectivity index (χ0n) is 9.50. The molecule has 0 aliphatic carbocycles. The van der Waals surface area contributed by atoms with Gasteiger partial charge in [-0.25, -0.2) is 0 Å². The number of benzene rings is 1. The van der Waals surface area contributed by atoms with Gasteiger partial charge in [0.2, 0.25) is 0 Å². The number of nitrogens with one attached hydrogen (secondary N) is 2. The number of alkyl halides is 1. The molecule has 0 radical (unpaired) electrons. The number of hydrogen-bond donors (Lipinski definition) is 2. The molecule has 1 amide bonds. The van der Waals surface area contributed by atoms with Crippen LogP contribution in [0.2, 0.25) is 0 Å². The van der Waals surface area contributed by atoms with Crippen LogP contribution in [0, 0.1) is 0 Å². The number of fused-ring (bicyclic) bond motifs is 1. The highest BCUT2D eigenvalue weighted by Gasteiger charge is 2.07. The molecule has 0 unspecified atom stereocenters. The molecule has 0 saturated carbocycles. The van der Waals surface area contributed by atoms with Crippen LogP contribution in [0.15, 0.2) is 30.3 Å². The molecule has 2 rings (SSSR count). The van der Waals surface area contributed by atoms with E-state index in [1.54, 1.807) is 0 Å². The van der Waals surface area contributed by atoms with Crippen molar-refractivity contribution >= 4 is 32.7 Å². The molecule has 1 heterocycles. The molecule has 0 saturated heterocycles. The minimum absolute atomic E-state index is 0.0317. The van der Waals surface area contributed by atoms with Crippen LogP contribution in [-0.4, -0.2) is 22.8 Å². The molecule has 1 aromatic carbocycles. The highest BCUT2D eigenvalue weighted by atomic mass is 79.9. The van der Waals surface area contributed by atoms with Gasteiger partial charge in [0.1, 0.15) is 5.69 Å². The van der Waals surface area contributed by atoms with Gasteiger partial charge in [-0.2, -0.15) is 0 Å².